The molecule has 2 aromatic rings. The van der Waals surface area contributed by atoms with Crippen molar-refractivity contribution in [2.45, 2.75) is 52.0 Å². The monoisotopic (exact) mass is 342 g/mol. The predicted octanol–water partition coefficient (Wildman–Crippen LogP) is 3.87. The highest BCUT2D eigenvalue weighted by molar-refractivity contribution is 5.92. The molecule has 0 saturated heterocycles. The van der Waals surface area contributed by atoms with E-state index in [1.165, 1.54) is 19.3 Å². The third-order valence-electron chi connectivity index (χ3n) is 4.04. The van der Waals surface area contributed by atoms with Gasteiger partial charge in [0.15, 0.2) is 6.61 Å². The number of pyridine rings is 1. The molecule has 0 unspecified atom stereocenters. The number of carbonyl (C=O) groups is 2. The van der Waals surface area contributed by atoms with Gasteiger partial charge in [-0.3, -0.25) is 4.79 Å². The van der Waals surface area contributed by atoms with Crippen LogP contribution < -0.4 is 5.32 Å². The van der Waals surface area contributed by atoms with Crippen LogP contribution in [0.3, 0.4) is 0 Å². The fourth-order valence-electron chi connectivity index (χ4n) is 2.65. The number of benzene rings is 1. The van der Waals surface area contributed by atoms with E-state index in [4.69, 9.17) is 4.74 Å². The molecule has 1 aromatic carbocycles. The van der Waals surface area contributed by atoms with E-state index in [-0.39, 0.29) is 24.2 Å². The summed E-state index contributed by atoms with van der Waals surface area (Å²) in [5.74, 6) is -0.867. The van der Waals surface area contributed by atoms with Gasteiger partial charge in [0.1, 0.15) is 5.69 Å². The van der Waals surface area contributed by atoms with Gasteiger partial charge < -0.3 is 10.1 Å². The van der Waals surface area contributed by atoms with Crippen LogP contribution in [-0.2, 0) is 9.53 Å². The van der Waals surface area contributed by atoms with Gasteiger partial charge in [0.05, 0.1) is 5.52 Å². The number of fused-ring (bicyclic) bond motifs is 1. The zero-order valence-corrected chi connectivity index (χ0v) is 15.0. The topological polar surface area (TPSA) is 68.3 Å². The van der Waals surface area contributed by atoms with Crippen LogP contribution in [0.2, 0.25) is 0 Å². The predicted molar refractivity (Wildman–Crippen MR) is 98.4 cm³/mol. The van der Waals surface area contributed by atoms with Crippen molar-refractivity contribution in [1.82, 2.24) is 10.3 Å². The number of nitrogens with one attached hydrogen (secondary N) is 1. The Bertz CT molecular complexity index is 715. The zero-order chi connectivity index (χ0) is 18.1. The third kappa shape index (κ3) is 6.18. The summed E-state index contributed by atoms with van der Waals surface area (Å²) in [6.45, 7) is 3.85. The summed E-state index contributed by atoms with van der Waals surface area (Å²) in [4.78, 5) is 28.2. The van der Waals surface area contributed by atoms with Gasteiger partial charge in [0.25, 0.3) is 5.91 Å². The van der Waals surface area contributed by atoms with Gasteiger partial charge >= 0.3 is 5.97 Å². The Kier molecular flexibility index (Phi) is 7.38. The van der Waals surface area contributed by atoms with Gasteiger partial charge in [0.2, 0.25) is 0 Å². The van der Waals surface area contributed by atoms with Crippen LogP contribution in [-0.4, -0.2) is 29.5 Å². The first-order chi connectivity index (χ1) is 12.1. The zero-order valence-electron chi connectivity index (χ0n) is 15.0. The van der Waals surface area contributed by atoms with E-state index in [2.05, 4.69) is 17.2 Å². The summed E-state index contributed by atoms with van der Waals surface area (Å²) in [6.07, 6.45) is 5.62. The molecule has 1 atom stereocenters. The van der Waals surface area contributed by atoms with Gasteiger partial charge in [-0.15, -0.1) is 0 Å². The molecule has 5 nitrogen and oxygen atoms in total. The van der Waals surface area contributed by atoms with Crippen molar-refractivity contribution in [3.63, 3.8) is 0 Å². The fraction of sp³-hybridized carbons (Fsp3) is 0.450. The van der Waals surface area contributed by atoms with Crippen molar-refractivity contribution in [3.8, 4) is 0 Å². The molecule has 1 aromatic heterocycles. The summed E-state index contributed by atoms with van der Waals surface area (Å²) >= 11 is 0. The summed E-state index contributed by atoms with van der Waals surface area (Å²) in [7, 11) is 0. The molecule has 1 heterocycles. The molecule has 0 aliphatic heterocycles. The lowest BCUT2D eigenvalue weighted by molar-refractivity contribution is -0.124. The summed E-state index contributed by atoms with van der Waals surface area (Å²) < 4.78 is 5.07. The largest absolute Gasteiger partial charge is 0.451 e. The van der Waals surface area contributed by atoms with Gasteiger partial charge in [-0.25, -0.2) is 9.78 Å². The van der Waals surface area contributed by atoms with Crippen LogP contribution in [0.1, 0.15) is 56.4 Å². The number of esters is 1. The van der Waals surface area contributed by atoms with Crippen LogP contribution in [0.5, 0.6) is 0 Å². The minimum atomic E-state index is -0.587. The molecule has 0 spiro atoms. The molecule has 5 heteroatoms. The van der Waals surface area contributed by atoms with Gasteiger partial charge in [0, 0.05) is 11.4 Å². The van der Waals surface area contributed by atoms with Crippen molar-refractivity contribution in [2.75, 3.05) is 6.61 Å². The standard InChI is InChI=1S/C20H26N2O3/c1-3-4-5-6-9-15(2)21-19(23)14-25-20(24)18-13-12-16-10-7-8-11-17(16)22-18/h7-8,10-13,15H,3-6,9,14H2,1-2H3,(H,21,23)/t15-/m1/s1. The second-order valence-electron chi connectivity index (χ2n) is 6.28. The van der Waals surface area contributed by atoms with Crippen LogP contribution in [0.25, 0.3) is 10.9 Å². The third-order valence-corrected chi connectivity index (χ3v) is 4.04. The molecule has 0 aliphatic carbocycles. The second-order valence-corrected chi connectivity index (χ2v) is 6.28. The van der Waals surface area contributed by atoms with E-state index in [0.717, 1.165) is 23.7 Å². The first kappa shape index (κ1) is 18.9. The Morgan fingerprint density at radius 1 is 1.12 bits per heavy atom. The van der Waals surface area contributed by atoms with E-state index in [1.807, 2.05) is 37.3 Å². The van der Waals surface area contributed by atoms with E-state index < -0.39 is 5.97 Å². The van der Waals surface area contributed by atoms with Gasteiger partial charge in [-0.1, -0.05) is 56.9 Å². The molecule has 25 heavy (non-hydrogen) atoms. The van der Waals surface area contributed by atoms with Crippen LogP contribution in [0.15, 0.2) is 36.4 Å². The highest BCUT2D eigenvalue weighted by Gasteiger charge is 2.13. The number of ether oxygens (including phenoxy) is 1. The molecule has 0 fully saturated rings. The molecule has 2 rings (SSSR count). The molecule has 134 valence electrons. The quantitative estimate of drug-likeness (QED) is 0.555. The molecule has 0 aliphatic rings. The van der Waals surface area contributed by atoms with Crippen molar-refractivity contribution in [3.05, 3.63) is 42.1 Å². The highest BCUT2D eigenvalue weighted by atomic mass is 16.5. The van der Waals surface area contributed by atoms with Crippen LogP contribution >= 0.6 is 0 Å². The molecule has 0 saturated carbocycles. The number of hydrogen-bond donors (Lipinski definition) is 1. The van der Waals surface area contributed by atoms with E-state index >= 15 is 0 Å². The van der Waals surface area contributed by atoms with Crippen molar-refractivity contribution in [2.24, 2.45) is 0 Å². The van der Waals surface area contributed by atoms with Crippen molar-refractivity contribution >= 4 is 22.8 Å². The number of para-hydroxylation sites is 1. The maximum absolute atomic E-state index is 12.1. The summed E-state index contributed by atoms with van der Waals surface area (Å²) in [6, 6.07) is 11.0. The Morgan fingerprint density at radius 2 is 1.92 bits per heavy atom. The SMILES string of the molecule is CCCCCC[C@@H](C)NC(=O)COC(=O)c1ccc2ccccc2n1. The molecular formula is C20H26N2O3. The Hall–Kier alpha value is -2.43. The number of carbonyl (C=O) groups excluding carboxylic acids is 2. The normalized spacial score (nSPS) is 11.9. The van der Waals surface area contributed by atoms with Gasteiger partial charge in [-0.2, -0.15) is 0 Å². The maximum Gasteiger partial charge on any atom is 0.357 e. The van der Waals surface area contributed by atoms with Crippen LogP contribution in [0, 0.1) is 0 Å². The number of nitrogens with zero attached hydrogens (tertiary/aromatic N) is 1. The lowest BCUT2D eigenvalue weighted by Gasteiger charge is -2.13. The average molecular weight is 342 g/mol. The number of aromatic nitrogens is 1. The number of amides is 1. The minimum Gasteiger partial charge on any atom is -0.451 e. The van der Waals surface area contributed by atoms with E-state index in [1.54, 1.807) is 6.07 Å². The summed E-state index contributed by atoms with van der Waals surface area (Å²) in [5, 5.41) is 3.81. The molecule has 0 radical (unpaired) electrons. The Balaban J connectivity index is 1.77. The minimum absolute atomic E-state index is 0.0850. The van der Waals surface area contributed by atoms with Crippen molar-refractivity contribution in [1.29, 1.82) is 0 Å². The van der Waals surface area contributed by atoms with E-state index in [0.29, 0.717) is 0 Å². The summed E-state index contributed by atoms with van der Waals surface area (Å²) in [5.41, 5.74) is 0.932. The number of hydrogen-bond acceptors (Lipinski definition) is 4. The number of rotatable bonds is 9. The molecule has 1 amide bonds. The Labute approximate surface area is 148 Å². The first-order valence-electron chi connectivity index (χ1n) is 8.92. The second kappa shape index (κ2) is 9.77. The van der Waals surface area contributed by atoms with Crippen molar-refractivity contribution < 1.29 is 14.3 Å². The number of unbranched alkanes of at least 4 members (excludes halogenated alkanes) is 3. The maximum atomic E-state index is 12.1. The van der Waals surface area contributed by atoms with Gasteiger partial charge in [-0.05, 0) is 25.5 Å². The lowest BCUT2D eigenvalue weighted by atomic mass is 10.1. The van der Waals surface area contributed by atoms with Crippen LogP contribution in [0.4, 0.5) is 0 Å². The highest BCUT2D eigenvalue weighted by Crippen LogP contribution is 2.12. The molecule has 1 N–H and O–H groups in total. The molecular weight excluding hydrogens is 316 g/mol. The molecule has 0 bridgehead atoms. The Morgan fingerprint density at radius 3 is 2.72 bits per heavy atom. The van der Waals surface area contributed by atoms with E-state index in [9.17, 15) is 9.59 Å². The first-order valence-corrected chi connectivity index (χ1v) is 8.92. The average Bonchev–Trinajstić information content (AvgIpc) is 2.63. The lowest BCUT2D eigenvalue weighted by Crippen LogP contribution is -2.35. The smallest absolute Gasteiger partial charge is 0.357 e. The fourth-order valence-corrected chi connectivity index (χ4v) is 2.65.